The van der Waals surface area contributed by atoms with E-state index in [-0.39, 0.29) is 24.1 Å². The van der Waals surface area contributed by atoms with E-state index in [1.165, 1.54) is 24.3 Å². The second-order valence-electron chi connectivity index (χ2n) is 5.36. The number of rotatable bonds is 4. The van der Waals surface area contributed by atoms with Crippen molar-refractivity contribution in [3.63, 3.8) is 0 Å². The van der Waals surface area contributed by atoms with Crippen molar-refractivity contribution in [3.8, 4) is 0 Å². The first kappa shape index (κ1) is 17.5. The molecule has 2 rings (SSSR count). The van der Waals surface area contributed by atoms with Crippen molar-refractivity contribution in [2.24, 2.45) is 11.5 Å². The van der Waals surface area contributed by atoms with Crippen molar-refractivity contribution in [2.45, 2.75) is 18.4 Å². The number of halogens is 4. The van der Waals surface area contributed by atoms with Gasteiger partial charge in [-0.15, -0.1) is 0 Å². The summed E-state index contributed by atoms with van der Waals surface area (Å²) >= 11 is 6.71. The van der Waals surface area contributed by atoms with Gasteiger partial charge in [-0.2, -0.15) is 0 Å². The Morgan fingerprint density at radius 1 is 1.05 bits per heavy atom. The van der Waals surface area contributed by atoms with Gasteiger partial charge in [0, 0.05) is 26.9 Å². The maximum absolute atomic E-state index is 13.3. The Bertz CT molecular complexity index is 690. The molecule has 0 aliphatic carbocycles. The Morgan fingerprint density at radius 3 is 2.09 bits per heavy atom. The summed E-state index contributed by atoms with van der Waals surface area (Å²) in [5.74, 6) is -0.962. The van der Waals surface area contributed by atoms with E-state index < -0.39 is 5.54 Å². The molecular weight excluding hydrogens is 418 g/mol. The second-order valence-corrected chi connectivity index (χ2v) is 7.07. The number of nitrogens with two attached hydrogens (primary N) is 2. The fourth-order valence-electron chi connectivity index (χ4n) is 2.59. The van der Waals surface area contributed by atoms with Crippen molar-refractivity contribution < 1.29 is 8.78 Å². The highest BCUT2D eigenvalue weighted by Crippen LogP contribution is 2.40. The maximum atomic E-state index is 13.3. The van der Waals surface area contributed by atoms with Gasteiger partial charge in [-0.25, -0.2) is 8.78 Å². The third-order valence-corrected chi connectivity index (χ3v) is 5.15. The number of hydrogen-bond donors (Lipinski definition) is 2. The third-order valence-electron chi connectivity index (χ3n) is 3.81. The van der Waals surface area contributed by atoms with E-state index in [4.69, 9.17) is 11.5 Å². The van der Waals surface area contributed by atoms with E-state index >= 15 is 0 Å². The average molecular weight is 434 g/mol. The van der Waals surface area contributed by atoms with E-state index in [1.54, 1.807) is 12.1 Å². The largest absolute Gasteiger partial charge is 0.330 e. The molecular formula is C16H16Br2F2N2. The zero-order valence-corrected chi connectivity index (χ0v) is 15.1. The van der Waals surface area contributed by atoms with Gasteiger partial charge in [-0.3, -0.25) is 0 Å². The van der Waals surface area contributed by atoms with Gasteiger partial charge in [-0.05, 0) is 42.3 Å². The normalized spacial score (nSPS) is 15.4. The number of benzene rings is 2. The second kappa shape index (κ2) is 6.74. The van der Waals surface area contributed by atoms with E-state index in [0.29, 0.717) is 8.95 Å². The first-order valence-electron chi connectivity index (χ1n) is 6.66. The molecule has 118 valence electrons. The highest BCUT2D eigenvalue weighted by atomic mass is 79.9. The van der Waals surface area contributed by atoms with E-state index in [1.807, 2.05) is 6.92 Å². The molecule has 22 heavy (non-hydrogen) atoms. The van der Waals surface area contributed by atoms with Crippen LogP contribution in [0.15, 0.2) is 45.3 Å². The van der Waals surface area contributed by atoms with Gasteiger partial charge in [0.15, 0.2) is 0 Å². The molecule has 2 atom stereocenters. The van der Waals surface area contributed by atoms with Gasteiger partial charge in [0.1, 0.15) is 11.6 Å². The summed E-state index contributed by atoms with van der Waals surface area (Å²) in [6, 6.07) is 8.79. The summed E-state index contributed by atoms with van der Waals surface area (Å²) in [4.78, 5) is 0. The fourth-order valence-corrected chi connectivity index (χ4v) is 4.00. The van der Waals surface area contributed by atoms with Crippen LogP contribution in [0.2, 0.25) is 0 Å². The van der Waals surface area contributed by atoms with E-state index in [2.05, 4.69) is 31.9 Å². The first-order chi connectivity index (χ1) is 10.3. The van der Waals surface area contributed by atoms with Crippen LogP contribution in [0.4, 0.5) is 8.78 Å². The fraction of sp³-hybridized carbons (Fsp3) is 0.250. The molecule has 0 heterocycles. The Labute approximate surface area is 145 Å². The van der Waals surface area contributed by atoms with Crippen LogP contribution in [-0.2, 0) is 5.54 Å². The third kappa shape index (κ3) is 3.40. The van der Waals surface area contributed by atoms with Gasteiger partial charge in [0.25, 0.3) is 0 Å². The summed E-state index contributed by atoms with van der Waals surface area (Å²) in [6.07, 6.45) is 0. The topological polar surface area (TPSA) is 52.0 Å². The zero-order valence-electron chi connectivity index (χ0n) is 11.9. The van der Waals surface area contributed by atoms with Crippen LogP contribution < -0.4 is 11.5 Å². The summed E-state index contributed by atoms with van der Waals surface area (Å²) in [5.41, 5.74) is 13.2. The molecule has 2 aromatic carbocycles. The molecule has 6 heteroatoms. The smallest absolute Gasteiger partial charge is 0.124 e. The van der Waals surface area contributed by atoms with Gasteiger partial charge in [0.2, 0.25) is 0 Å². The minimum absolute atomic E-state index is 0.265. The molecule has 2 aromatic rings. The van der Waals surface area contributed by atoms with Crippen LogP contribution in [0.25, 0.3) is 0 Å². The minimum Gasteiger partial charge on any atom is -0.330 e. The van der Waals surface area contributed by atoms with Crippen LogP contribution in [0.1, 0.15) is 24.0 Å². The van der Waals surface area contributed by atoms with Crippen LogP contribution in [-0.4, -0.2) is 6.54 Å². The van der Waals surface area contributed by atoms with Gasteiger partial charge < -0.3 is 11.5 Å². The summed E-state index contributed by atoms with van der Waals surface area (Å²) in [6.45, 7) is 2.10. The molecule has 2 unspecified atom stereocenters. The molecule has 0 aromatic heterocycles. The molecule has 0 saturated heterocycles. The molecule has 2 nitrogen and oxygen atoms in total. The van der Waals surface area contributed by atoms with E-state index in [0.717, 1.165) is 11.1 Å². The molecule has 0 fully saturated rings. The zero-order chi connectivity index (χ0) is 16.5. The van der Waals surface area contributed by atoms with Gasteiger partial charge in [-0.1, -0.05) is 44.0 Å². The summed E-state index contributed by atoms with van der Waals surface area (Å²) < 4.78 is 27.8. The van der Waals surface area contributed by atoms with E-state index in [9.17, 15) is 8.78 Å². The highest BCUT2D eigenvalue weighted by Gasteiger charge is 2.35. The Hall–Kier alpha value is -0.820. The van der Waals surface area contributed by atoms with Crippen molar-refractivity contribution >= 4 is 31.9 Å². The first-order valence-corrected chi connectivity index (χ1v) is 8.25. The lowest BCUT2D eigenvalue weighted by molar-refractivity contribution is 0.390. The van der Waals surface area contributed by atoms with Gasteiger partial charge >= 0.3 is 0 Å². The lowest BCUT2D eigenvalue weighted by atomic mass is 9.76. The van der Waals surface area contributed by atoms with Crippen LogP contribution in [0, 0.1) is 11.6 Å². The Kier molecular flexibility index (Phi) is 5.37. The molecule has 0 amide bonds. The molecule has 0 spiro atoms. The van der Waals surface area contributed by atoms with Crippen molar-refractivity contribution in [2.75, 3.05) is 6.54 Å². The molecule has 0 radical (unpaired) electrons. The van der Waals surface area contributed by atoms with Crippen molar-refractivity contribution in [1.82, 2.24) is 0 Å². The molecule has 4 N–H and O–H groups in total. The molecule has 0 saturated carbocycles. The minimum atomic E-state index is -0.859. The van der Waals surface area contributed by atoms with Crippen LogP contribution in [0.5, 0.6) is 0 Å². The summed E-state index contributed by atoms with van der Waals surface area (Å²) in [5, 5.41) is 0. The maximum Gasteiger partial charge on any atom is 0.124 e. The predicted molar refractivity (Wildman–Crippen MR) is 91.5 cm³/mol. The van der Waals surface area contributed by atoms with Crippen LogP contribution >= 0.6 is 31.9 Å². The lowest BCUT2D eigenvalue weighted by Gasteiger charge is -2.35. The summed E-state index contributed by atoms with van der Waals surface area (Å²) in [7, 11) is 0. The Morgan fingerprint density at radius 2 is 1.59 bits per heavy atom. The van der Waals surface area contributed by atoms with Crippen molar-refractivity contribution in [1.29, 1.82) is 0 Å². The predicted octanol–water partition coefficient (Wildman–Crippen LogP) is 4.41. The van der Waals surface area contributed by atoms with Crippen molar-refractivity contribution in [3.05, 3.63) is 68.1 Å². The quantitative estimate of drug-likeness (QED) is 0.750. The van der Waals surface area contributed by atoms with Crippen LogP contribution in [0.3, 0.4) is 0 Å². The molecule has 0 aliphatic heterocycles. The number of hydrogen-bond acceptors (Lipinski definition) is 2. The van der Waals surface area contributed by atoms with Gasteiger partial charge in [0.05, 0.1) is 0 Å². The standard InChI is InChI=1S/C16H16Br2F2N2/c1-16(22,12-5-3-10(20)7-15(12)18)13(8-21)11-4-2-9(19)6-14(11)17/h2-7,13H,8,21-22H2,1H3. The molecule has 0 bridgehead atoms. The molecule has 0 aliphatic rings. The lowest BCUT2D eigenvalue weighted by Crippen LogP contribution is -2.43. The monoisotopic (exact) mass is 432 g/mol. The Balaban J connectivity index is 2.52. The SMILES string of the molecule is CC(N)(c1ccc(F)cc1Br)C(CN)c1ccc(F)cc1Br. The highest BCUT2D eigenvalue weighted by molar-refractivity contribution is 9.10. The average Bonchev–Trinajstić information content (AvgIpc) is 2.41.